The van der Waals surface area contributed by atoms with Crippen LogP contribution in [-0.2, 0) is 14.4 Å². The summed E-state index contributed by atoms with van der Waals surface area (Å²) in [5, 5.41) is 19.5. The molecule has 0 aliphatic rings. The Morgan fingerprint density at radius 2 is 1.56 bits per heavy atom. The number of carboxylic acid groups (broad SMARTS) is 2. The van der Waals surface area contributed by atoms with E-state index in [1.54, 1.807) is 0 Å². The highest BCUT2D eigenvalue weighted by Crippen LogP contribution is 2.18. The molecule has 18 heavy (non-hydrogen) atoms. The van der Waals surface area contributed by atoms with Gasteiger partial charge in [-0.15, -0.1) is 0 Å². The Hall–Kier alpha value is -0.890. The number of carbonyl (C=O) groups excluding carboxylic acids is 1. The molecule has 0 radical (unpaired) electrons. The Labute approximate surface area is 121 Å². The van der Waals surface area contributed by atoms with Gasteiger partial charge in [0, 0.05) is 13.0 Å². The van der Waals surface area contributed by atoms with Gasteiger partial charge in [-0.05, 0) is 44.7 Å². The summed E-state index contributed by atoms with van der Waals surface area (Å²) in [7, 11) is 0. The lowest BCUT2D eigenvalue weighted by Gasteiger charge is -2.04. The van der Waals surface area contributed by atoms with Crippen molar-refractivity contribution in [2.75, 3.05) is 6.54 Å². The molecule has 0 rings (SSSR count). The monoisotopic (exact) mass is 385 g/mol. The molecule has 0 aliphatic heterocycles. The lowest BCUT2D eigenvalue weighted by Crippen LogP contribution is -2.25. The maximum Gasteiger partial charge on any atom is 0.344 e. The summed E-state index contributed by atoms with van der Waals surface area (Å²) in [5.41, 5.74) is 0. The van der Waals surface area contributed by atoms with Gasteiger partial charge in [-0.2, -0.15) is 0 Å². The Morgan fingerprint density at radius 1 is 0.944 bits per heavy atom. The number of hydrogen-bond acceptors (Lipinski definition) is 3. The SMILES string of the molecule is O=C(O)CCCCCNC(=O)/C(Br)=C(/Br)C(=O)O. The molecule has 0 bridgehead atoms. The molecule has 102 valence electrons. The van der Waals surface area contributed by atoms with Gasteiger partial charge in [-0.25, -0.2) is 4.79 Å². The third-order valence-electron chi connectivity index (χ3n) is 1.93. The largest absolute Gasteiger partial charge is 0.481 e. The summed E-state index contributed by atoms with van der Waals surface area (Å²) < 4.78 is -0.327. The topological polar surface area (TPSA) is 104 Å². The van der Waals surface area contributed by atoms with Gasteiger partial charge in [0.25, 0.3) is 5.91 Å². The van der Waals surface area contributed by atoms with Crippen molar-refractivity contribution in [1.29, 1.82) is 0 Å². The minimum atomic E-state index is -1.24. The zero-order valence-electron chi connectivity index (χ0n) is 9.41. The number of carboxylic acids is 2. The highest BCUT2D eigenvalue weighted by atomic mass is 79.9. The first kappa shape index (κ1) is 17.1. The van der Waals surface area contributed by atoms with Crippen molar-refractivity contribution in [3.63, 3.8) is 0 Å². The molecule has 0 aliphatic carbocycles. The number of nitrogens with one attached hydrogen (secondary N) is 1. The van der Waals surface area contributed by atoms with Gasteiger partial charge in [0.05, 0.1) is 0 Å². The first-order valence-electron chi connectivity index (χ1n) is 5.14. The first-order valence-corrected chi connectivity index (χ1v) is 6.73. The molecular formula is C10H13Br2NO5. The van der Waals surface area contributed by atoms with Crippen molar-refractivity contribution < 1.29 is 24.6 Å². The number of hydrogen-bond donors (Lipinski definition) is 3. The minimum absolute atomic E-state index is 0.0828. The van der Waals surface area contributed by atoms with Gasteiger partial charge in [0.2, 0.25) is 0 Å². The van der Waals surface area contributed by atoms with E-state index in [1.807, 2.05) is 0 Å². The first-order chi connectivity index (χ1) is 8.36. The van der Waals surface area contributed by atoms with Crippen LogP contribution in [0.2, 0.25) is 0 Å². The Morgan fingerprint density at radius 3 is 2.06 bits per heavy atom. The van der Waals surface area contributed by atoms with Gasteiger partial charge in [-0.3, -0.25) is 9.59 Å². The Kier molecular flexibility index (Phi) is 8.65. The standard InChI is InChI=1S/C10H13Br2NO5/c11-7(8(12)10(17)18)9(16)13-5-3-1-2-4-6(14)15/h1-5H2,(H,13,16)(H,14,15)(H,17,18)/b8-7-. The fraction of sp³-hybridized carbons (Fsp3) is 0.500. The summed E-state index contributed by atoms with van der Waals surface area (Å²) in [6.07, 6.45) is 2.00. The maximum atomic E-state index is 11.4. The van der Waals surface area contributed by atoms with Crippen molar-refractivity contribution in [3.8, 4) is 0 Å². The van der Waals surface area contributed by atoms with E-state index in [-0.39, 0.29) is 15.4 Å². The van der Waals surface area contributed by atoms with Crippen LogP contribution in [0.4, 0.5) is 0 Å². The Bertz CT molecular complexity index is 367. The van der Waals surface area contributed by atoms with E-state index < -0.39 is 17.8 Å². The molecule has 0 aromatic carbocycles. The van der Waals surface area contributed by atoms with Gasteiger partial charge in [0.1, 0.15) is 8.96 Å². The number of halogens is 2. The number of aliphatic carboxylic acids is 2. The fourth-order valence-corrected chi connectivity index (χ4v) is 1.54. The lowest BCUT2D eigenvalue weighted by molar-refractivity contribution is -0.137. The van der Waals surface area contributed by atoms with E-state index in [4.69, 9.17) is 10.2 Å². The van der Waals surface area contributed by atoms with Crippen LogP contribution in [0.15, 0.2) is 8.96 Å². The smallest absolute Gasteiger partial charge is 0.344 e. The minimum Gasteiger partial charge on any atom is -0.481 e. The van der Waals surface area contributed by atoms with Crippen LogP contribution >= 0.6 is 31.9 Å². The van der Waals surface area contributed by atoms with Crippen molar-refractivity contribution in [3.05, 3.63) is 8.96 Å². The van der Waals surface area contributed by atoms with Gasteiger partial charge >= 0.3 is 11.9 Å². The lowest BCUT2D eigenvalue weighted by atomic mass is 10.2. The van der Waals surface area contributed by atoms with Crippen LogP contribution in [0.5, 0.6) is 0 Å². The van der Waals surface area contributed by atoms with E-state index in [9.17, 15) is 14.4 Å². The summed E-state index contributed by atoms with van der Waals surface area (Å²) in [6, 6.07) is 0. The molecule has 0 saturated carbocycles. The molecule has 3 N–H and O–H groups in total. The second kappa shape index (κ2) is 9.09. The van der Waals surface area contributed by atoms with Crippen LogP contribution in [0, 0.1) is 0 Å². The third kappa shape index (κ3) is 7.44. The quantitative estimate of drug-likeness (QED) is 0.436. The number of unbranched alkanes of at least 4 members (excludes halogenated alkanes) is 2. The summed E-state index contributed by atoms with van der Waals surface area (Å²) in [4.78, 5) is 32.2. The molecular weight excluding hydrogens is 374 g/mol. The molecule has 6 nitrogen and oxygen atoms in total. The normalized spacial score (nSPS) is 11.7. The van der Waals surface area contributed by atoms with Crippen LogP contribution < -0.4 is 5.32 Å². The fourth-order valence-electron chi connectivity index (χ4n) is 1.05. The van der Waals surface area contributed by atoms with Crippen LogP contribution in [0.1, 0.15) is 25.7 Å². The molecule has 0 saturated heterocycles. The predicted molar refractivity (Wildman–Crippen MR) is 71.6 cm³/mol. The summed E-state index contributed by atoms with van der Waals surface area (Å²) in [5.74, 6) is -2.60. The van der Waals surface area contributed by atoms with Crippen LogP contribution in [0.25, 0.3) is 0 Å². The molecule has 0 atom stereocenters. The molecule has 0 fully saturated rings. The van der Waals surface area contributed by atoms with Gasteiger partial charge in [0.15, 0.2) is 0 Å². The van der Waals surface area contributed by atoms with Crippen molar-refractivity contribution in [2.45, 2.75) is 25.7 Å². The maximum absolute atomic E-state index is 11.4. The molecule has 0 spiro atoms. The highest BCUT2D eigenvalue weighted by Gasteiger charge is 2.15. The molecule has 8 heteroatoms. The highest BCUT2D eigenvalue weighted by molar-refractivity contribution is 9.14. The van der Waals surface area contributed by atoms with Gasteiger partial charge < -0.3 is 15.5 Å². The Balaban J connectivity index is 3.88. The van der Waals surface area contributed by atoms with E-state index in [1.165, 1.54) is 0 Å². The third-order valence-corrected chi connectivity index (χ3v) is 3.96. The van der Waals surface area contributed by atoms with Crippen molar-refractivity contribution in [1.82, 2.24) is 5.32 Å². The zero-order valence-corrected chi connectivity index (χ0v) is 12.6. The van der Waals surface area contributed by atoms with Crippen molar-refractivity contribution in [2.24, 2.45) is 0 Å². The number of carbonyl (C=O) groups is 3. The average molecular weight is 387 g/mol. The van der Waals surface area contributed by atoms with E-state index in [0.29, 0.717) is 25.8 Å². The second-order valence-electron chi connectivity index (χ2n) is 3.39. The summed E-state index contributed by atoms with van der Waals surface area (Å²) in [6.45, 7) is 0.369. The van der Waals surface area contributed by atoms with E-state index in [0.717, 1.165) is 0 Å². The second-order valence-corrected chi connectivity index (χ2v) is 4.98. The summed E-state index contributed by atoms with van der Waals surface area (Å²) >= 11 is 5.64. The van der Waals surface area contributed by atoms with E-state index >= 15 is 0 Å². The molecule has 0 aromatic heterocycles. The molecule has 0 heterocycles. The molecule has 1 amide bonds. The van der Waals surface area contributed by atoms with Gasteiger partial charge in [-0.1, -0.05) is 6.42 Å². The number of amides is 1. The van der Waals surface area contributed by atoms with Crippen molar-refractivity contribution >= 4 is 49.7 Å². The molecule has 0 aromatic rings. The zero-order chi connectivity index (χ0) is 14.1. The predicted octanol–water partition coefficient (Wildman–Crippen LogP) is 1.83. The van der Waals surface area contributed by atoms with E-state index in [2.05, 4.69) is 37.2 Å². The molecule has 0 unspecified atom stereocenters. The van der Waals surface area contributed by atoms with Crippen LogP contribution in [0.3, 0.4) is 0 Å². The number of rotatable bonds is 8. The van der Waals surface area contributed by atoms with Crippen LogP contribution in [-0.4, -0.2) is 34.6 Å². The average Bonchev–Trinajstić information content (AvgIpc) is 2.30.